The number of primary amides is 1. The van der Waals surface area contributed by atoms with E-state index in [2.05, 4.69) is 11.4 Å². The van der Waals surface area contributed by atoms with Crippen LogP contribution in [-0.2, 0) is 14.4 Å². The highest BCUT2D eigenvalue weighted by atomic mass is 16.2. The van der Waals surface area contributed by atoms with Crippen LogP contribution >= 0.6 is 0 Å². The van der Waals surface area contributed by atoms with Crippen molar-refractivity contribution in [3.8, 4) is 6.07 Å². The number of amides is 3. The average Bonchev–Trinajstić information content (AvgIpc) is 2.61. The third-order valence-corrected chi connectivity index (χ3v) is 5.05. The van der Waals surface area contributed by atoms with Crippen molar-refractivity contribution < 1.29 is 14.4 Å². The van der Waals surface area contributed by atoms with Crippen LogP contribution in [0.15, 0.2) is 0 Å². The molecule has 3 N–H and O–H groups in total. The number of nitrogens with one attached hydrogen (secondary N) is 1. The van der Waals surface area contributed by atoms with E-state index in [1.807, 2.05) is 0 Å². The van der Waals surface area contributed by atoms with E-state index >= 15 is 0 Å². The van der Waals surface area contributed by atoms with E-state index in [0.717, 1.165) is 30.6 Å². The summed E-state index contributed by atoms with van der Waals surface area (Å²) >= 11 is 0. The van der Waals surface area contributed by atoms with Crippen molar-refractivity contribution in [2.24, 2.45) is 11.7 Å². The van der Waals surface area contributed by atoms with Crippen molar-refractivity contribution in [2.45, 2.75) is 56.9 Å². The van der Waals surface area contributed by atoms with Crippen molar-refractivity contribution >= 4 is 17.7 Å². The number of piperidine rings is 1. The third kappa shape index (κ3) is 4.12. The highest BCUT2D eigenvalue weighted by Gasteiger charge is 2.46. The van der Waals surface area contributed by atoms with Gasteiger partial charge >= 0.3 is 11.8 Å². The molecule has 0 spiro atoms. The number of carbonyl (C=O) groups is 3. The molecular formula is C17H25N4O3. The Morgan fingerprint density at radius 1 is 1.21 bits per heavy atom. The molecule has 1 radical (unpaired) electrons. The number of hydrogen-bond acceptors (Lipinski definition) is 5. The molecule has 1 aliphatic carbocycles. The lowest BCUT2D eigenvalue weighted by Crippen LogP contribution is -2.60. The van der Waals surface area contributed by atoms with Crippen LogP contribution in [-0.4, -0.2) is 41.2 Å². The lowest BCUT2D eigenvalue weighted by molar-refractivity contribution is -0.155. The molecule has 1 saturated carbocycles. The minimum Gasteiger partial charge on any atom is -0.361 e. The van der Waals surface area contributed by atoms with Gasteiger partial charge in [-0.25, -0.2) is 0 Å². The van der Waals surface area contributed by atoms with Crippen LogP contribution in [0, 0.1) is 23.7 Å². The Hall–Kier alpha value is -1.94. The fourth-order valence-corrected chi connectivity index (χ4v) is 3.62. The van der Waals surface area contributed by atoms with Gasteiger partial charge in [-0.1, -0.05) is 32.1 Å². The number of nitriles is 1. The van der Waals surface area contributed by atoms with Crippen LogP contribution in [0.1, 0.15) is 51.4 Å². The summed E-state index contributed by atoms with van der Waals surface area (Å²) in [5.74, 6) is -2.45. The fraction of sp³-hybridized carbons (Fsp3) is 0.706. The highest BCUT2D eigenvalue weighted by Crippen LogP contribution is 2.30. The zero-order chi connectivity index (χ0) is 17.6. The van der Waals surface area contributed by atoms with E-state index < -0.39 is 23.3 Å². The Morgan fingerprint density at radius 2 is 1.83 bits per heavy atom. The van der Waals surface area contributed by atoms with Crippen molar-refractivity contribution in [3.63, 3.8) is 0 Å². The fourth-order valence-electron chi connectivity index (χ4n) is 3.62. The quantitative estimate of drug-likeness (QED) is 0.733. The minimum atomic E-state index is -1.29. The van der Waals surface area contributed by atoms with Crippen LogP contribution in [0.3, 0.4) is 0 Å². The average molecular weight is 333 g/mol. The molecule has 7 nitrogen and oxygen atoms in total. The smallest absolute Gasteiger partial charge is 0.319 e. The Bertz CT molecular complexity index is 528. The molecule has 0 unspecified atom stereocenters. The Balaban J connectivity index is 2.12. The van der Waals surface area contributed by atoms with Gasteiger partial charge in [-0.2, -0.15) is 5.26 Å². The zero-order valence-corrected chi connectivity index (χ0v) is 13.9. The first-order valence-corrected chi connectivity index (χ1v) is 8.63. The maximum atomic E-state index is 12.7. The Labute approximate surface area is 142 Å². The first kappa shape index (κ1) is 18.4. The first-order valence-electron chi connectivity index (χ1n) is 8.63. The molecule has 1 saturated heterocycles. The van der Waals surface area contributed by atoms with E-state index in [-0.39, 0.29) is 0 Å². The van der Waals surface area contributed by atoms with Gasteiger partial charge in [-0.05, 0) is 38.3 Å². The molecule has 7 heteroatoms. The molecule has 3 amide bonds. The van der Waals surface area contributed by atoms with Gasteiger partial charge in [0.1, 0.15) is 5.54 Å². The Morgan fingerprint density at radius 3 is 2.38 bits per heavy atom. The van der Waals surface area contributed by atoms with Crippen LogP contribution in [0.4, 0.5) is 0 Å². The maximum Gasteiger partial charge on any atom is 0.319 e. The van der Waals surface area contributed by atoms with Gasteiger partial charge in [-0.15, -0.1) is 0 Å². The van der Waals surface area contributed by atoms with Crippen LogP contribution < -0.4 is 11.1 Å². The molecule has 0 aromatic heterocycles. The van der Waals surface area contributed by atoms with Gasteiger partial charge in [0.25, 0.3) is 0 Å². The van der Waals surface area contributed by atoms with Gasteiger partial charge in [0.05, 0.1) is 12.5 Å². The van der Waals surface area contributed by atoms with Gasteiger partial charge in [0.15, 0.2) is 0 Å². The molecule has 0 aromatic rings. The summed E-state index contributed by atoms with van der Waals surface area (Å²) in [7, 11) is 0. The van der Waals surface area contributed by atoms with Crippen LogP contribution in [0.5, 0.6) is 0 Å². The highest BCUT2D eigenvalue weighted by molar-refractivity contribution is 6.37. The molecule has 0 bridgehead atoms. The van der Waals surface area contributed by atoms with Gasteiger partial charge in [0.2, 0.25) is 5.91 Å². The van der Waals surface area contributed by atoms with Crippen molar-refractivity contribution in [2.75, 3.05) is 13.1 Å². The molecule has 1 aliphatic heterocycles. The Kier molecular flexibility index (Phi) is 6.32. The molecule has 2 fully saturated rings. The molecule has 2 aliphatic rings. The number of hydrogen-bond donors (Lipinski definition) is 2. The monoisotopic (exact) mass is 333 g/mol. The van der Waals surface area contributed by atoms with E-state index in [1.54, 1.807) is 0 Å². The summed E-state index contributed by atoms with van der Waals surface area (Å²) in [6.07, 6.45) is 8.30. The van der Waals surface area contributed by atoms with Gasteiger partial charge < -0.3 is 11.1 Å². The second kappa shape index (κ2) is 8.25. The number of nitrogens with two attached hydrogens (primary N) is 1. The van der Waals surface area contributed by atoms with E-state index in [4.69, 9.17) is 5.73 Å². The number of rotatable bonds is 4. The standard InChI is InChI=1S/C17H25N4O3/c18-12-17(8-10-20-11-9-17)21(16(24)15(19)23)14(22)7-6-13-4-2-1-3-5-13/h7,13,20H,1-6,8-11H2,(H2,19,23). The normalized spacial score (nSPS) is 20.8. The molecule has 24 heavy (non-hydrogen) atoms. The predicted octanol–water partition coefficient (Wildman–Crippen LogP) is 0.647. The predicted molar refractivity (Wildman–Crippen MR) is 87.0 cm³/mol. The second-order valence-corrected chi connectivity index (χ2v) is 6.68. The molecule has 0 aromatic carbocycles. The summed E-state index contributed by atoms with van der Waals surface area (Å²) in [6.45, 7) is 1.01. The summed E-state index contributed by atoms with van der Waals surface area (Å²) in [5, 5.41) is 12.7. The molecule has 1 heterocycles. The van der Waals surface area contributed by atoms with Gasteiger partial charge in [-0.3, -0.25) is 19.3 Å². The van der Waals surface area contributed by atoms with E-state index in [9.17, 15) is 19.6 Å². The second-order valence-electron chi connectivity index (χ2n) is 6.68. The summed E-state index contributed by atoms with van der Waals surface area (Å²) in [6, 6.07) is 2.09. The third-order valence-electron chi connectivity index (χ3n) is 5.05. The molecule has 0 atom stereocenters. The molecule has 131 valence electrons. The summed E-state index contributed by atoms with van der Waals surface area (Å²) < 4.78 is 0. The first-order chi connectivity index (χ1) is 11.5. The van der Waals surface area contributed by atoms with Crippen molar-refractivity contribution in [1.82, 2.24) is 10.2 Å². The molecular weight excluding hydrogens is 308 g/mol. The lowest BCUT2D eigenvalue weighted by Gasteiger charge is -2.39. The van der Waals surface area contributed by atoms with Gasteiger partial charge in [0, 0.05) is 0 Å². The largest absolute Gasteiger partial charge is 0.361 e. The number of carbonyl (C=O) groups excluding carboxylic acids is 3. The zero-order valence-electron chi connectivity index (χ0n) is 13.9. The minimum absolute atomic E-state index is 0.297. The van der Waals surface area contributed by atoms with Crippen LogP contribution in [0.2, 0.25) is 0 Å². The van der Waals surface area contributed by atoms with Crippen LogP contribution in [0.25, 0.3) is 0 Å². The van der Waals surface area contributed by atoms with Crippen molar-refractivity contribution in [3.05, 3.63) is 6.42 Å². The number of nitrogens with zero attached hydrogens (tertiary/aromatic N) is 2. The lowest BCUT2D eigenvalue weighted by atomic mass is 9.84. The SMILES string of the molecule is N#CC1(N(C(=O)[CH]CC2CCCCC2)C(=O)C(N)=O)CCNCC1. The van der Waals surface area contributed by atoms with E-state index in [1.165, 1.54) is 12.8 Å². The topological polar surface area (TPSA) is 116 Å². The summed E-state index contributed by atoms with van der Waals surface area (Å²) in [5.41, 5.74) is 3.82. The molecule has 2 rings (SSSR count). The van der Waals surface area contributed by atoms with Crippen molar-refractivity contribution in [1.29, 1.82) is 5.26 Å². The maximum absolute atomic E-state index is 12.7. The number of imide groups is 1. The van der Waals surface area contributed by atoms with E-state index in [0.29, 0.717) is 38.3 Å². The summed E-state index contributed by atoms with van der Waals surface area (Å²) in [4.78, 5) is 37.1.